The van der Waals surface area contributed by atoms with Gasteiger partial charge in [0.05, 0.1) is 12.7 Å². The zero-order valence-electron chi connectivity index (χ0n) is 11.7. The van der Waals surface area contributed by atoms with Gasteiger partial charge in [0.25, 0.3) is 5.91 Å². The lowest BCUT2D eigenvalue weighted by Crippen LogP contribution is -2.24. The van der Waals surface area contributed by atoms with E-state index in [0.717, 1.165) is 0 Å². The van der Waals surface area contributed by atoms with Crippen LogP contribution in [0.3, 0.4) is 0 Å². The highest BCUT2D eigenvalue weighted by Crippen LogP contribution is 2.18. The van der Waals surface area contributed by atoms with Crippen molar-refractivity contribution < 1.29 is 19.4 Å². The van der Waals surface area contributed by atoms with Crippen molar-refractivity contribution in [3.05, 3.63) is 59.9 Å². The summed E-state index contributed by atoms with van der Waals surface area (Å²) < 4.78 is 5.10. The van der Waals surface area contributed by atoms with Crippen LogP contribution in [0, 0.1) is 0 Å². The molecule has 0 unspecified atom stereocenters. The molecule has 22 heavy (non-hydrogen) atoms. The van der Waals surface area contributed by atoms with Gasteiger partial charge < -0.3 is 9.84 Å². The Hall–Kier alpha value is -3.22. The first kappa shape index (κ1) is 15.2. The molecule has 0 aliphatic carbocycles. The number of carboxylic acid groups (broad SMARTS) is 1. The van der Waals surface area contributed by atoms with Crippen LogP contribution in [-0.4, -0.2) is 34.8 Å². The minimum absolute atomic E-state index is 0.271. The molecule has 7 heteroatoms. The molecule has 1 aromatic carbocycles. The van der Waals surface area contributed by atoms with Crippen molar-refractivity contribution in [2.24, 2.45) is 5.10 Å². The van der Waals surface area contributed by atoms with Gasteiger partial charge in [-0.3, -0.25) is 9.78 Å². The molecule has 0 aliphatic rings. The number of carbonyl (C=O) groups excluding carboxylic acids is 1. The van der Waals surface area contributed by atoms with Gasteiger partial charge in [0.2, 0.25) is 0 Å². The zero-order valence-corrected chi connectivity index (χ0v) is 11.7. The van der Waals surface area contributed by atoms with E-state index in [1.54, 1.807) is 24.3 Å². The highest BCUT2D eigenvalue weighted by atomic mass is 16.5. The first-order chi connectivity index (χ1) is 10.6. The van der Waals surface area contributed by atoms with Gasteiger partial charge in [-0.15, -0.1) is 0 Å². The molecule has 7 nitrogen and oxygen atoms in total. The highest BCUT2D eigenvalue weighted by molar-refractivity contribution is 6.43. The average Bonchev–Trinajstić information content (AvgIpc) is 2.55. The number of amides is 1. The van der Waals surface area contributed by atoms with Crippen LogP contribution in [0.5, 0.6) is 5.75 Å². The number of methoxy groups -OCH3 is 1. The molecule has 0 saturated heterocycles. The number of carboxylic acids is 1. The lowest BCUT2D eigenvalue weighted by atomic mass is 10.1. The fourth-order valence-electron chi connectivity index (χ4n) is 1.74. The van der Waals surface area contributed by atoms with Gasteiger partial charge in [0.1, 0.15) is 5.75 Å². The van der Waals surface area contributed by atoms with E-state index in [2.05, 4.69) is 15.5 Å². The minimum Gasteiger partial charge on any atom is -0.496 e. The number of nitrogens with zero attached hydrogens (tertiary/aromatic N) is 2. The Morgan fingerprint density at radius 2 is 1.86 bits per heavy atom. The topological polar surface area (TPSA) is 101 Å². The van der Waals surface area contributed by atoms with E-state index in [1.165, 1.54) is 31.6 Å². The monoisotopic (exact) mass is 299 g/mol. The molecule has 2 rings (SSSR count). The SMILES string of the molecule is COc1ccccc1/C(=N\NC(=O)c1ccncc1)C(=O)O. The number of nitrogens with one attached hydrogen (secondary N) is 1. The van der Waals surface area contributed by atoms with Crippen molar-refractivity contribution in [3.8, 4) is 5.75 Å². The van der Waals surface area contributed by atoms with Gasteiger partial charge in [-0.25, -0.2) is 10.2 Å². The van der Waals surface area contributed by atoms with Gasteiger partial charge in [0, 0.05) is 18.0 Å². The van der Waals surface area contributed by atoms with Crippen LogP contribution in [0.1, 0.15) is 15.9 Å². The Bertz CT molecular complexity index is 714. The number of pyridine rings is 1. The number of rotatable bonds is 5. The third kappa shape index (κ3) is 3.45. The molecule has 1 aromatic heterocycles. The maximum Gasteiger partial charge on any atom is 0.357 e. The van der Waals surface area contributed by atoms with Crippen LogP contribution in [0.2, 0.25) is 0 Å². The zero-order chi connectivity index (χ0) is 15.9. The second-order valence-electron chi connectivity index (χ2n) is 4.14. The van der Waals surface area contributed by atoms with E-state index in [9.17, 15) is 14.7 Å². The summed E-state index contributed by atoms with van der Waals surface area (Å²) in [5.41, 5.74) is 2.49. The van der Waals surface area contributed by atoms with E-state index in [1.807, 2.05) is 0 Å². The number of hydrogen-bond donors (Lipinski definition) is 2. The predicted octanol–water partition coefficient (Wildman–Crippen LogP) is 1.31. The summed E-state index contributed by atoms with van der Waals surface area (Å²) in [6.45, 7) is 0. The summed E-state index contributed by atoms with van der Waals surface area (Å²) in [4.78, 5) is 27.1. The van der Waals surface area contributed by atoms with Gasteiger partial charge in [-0.05, 0) is 24.3 Å². The van der Waals surface area contributed by atoms with Crippen molar-refractivity contribution in [1.82, 2.24) is 10.4 Å². The number of aliphatic carboxylic acids is 1. The number of ether oxygens (including phenoxy) is 1. The van der Waals surface area contributed by atoms with E-state index in [0.29, 0.717) is 11.3 Å². The quantitative estimate of drug-likeness (QED) is 0.640. The molecular weight excluding hydrogens is 286 g/mol. The van der Waals surface area contributed by atoms with Crippen molar-refractivity contribution in [3.63, 3.8) is 0 Å². The standard InChI is InChI=1S/C15H13N3O4/c1-22-12-5-3-2-4-11(12)13(15(20)21)17-18-14(19)10-6-8-16-9-7-10/h2-9H,1H3,(H,18,19)(H,20,21)/b17-13+. The van der Waals surface area contributed by atoms with Gasteiger partial charge >= 0.3 is 5.97 Å². The number of para-hydroxylation sites is 1. The molecule has 2 N–H and O–H groups in total. The third-order valence-electron chi connectivity index (χ3n) is 2.78. The molecule has 0 bridgehead atoms. The summed E-state index contributed by atoms with van der Waals surface area (Å²) >= 11 is 0. The summed E-state index contributed by atoms with van der Waals surface area (Å²) in [5.74, 6) is -1.46. The maximum atomic E-state index is 11.9. The number of hydrazone groups is 1. The van der Waals surface area contributed by atoms with Gasteiger partial charge in [-0.2, -0.15) is 5.10 Å². The first-order valence-electron chi connectivity index (χ1n) is 6.28. The van der Waals surface area contributed by atoms with Gasteiger partial charge in [0.15, 0.2) is 5.71 Å². The Balaban J connectivity index is 2.29. The minimum atomic E-state index is -1.28. The number of hydrogen-bond acceptors (Lipinski definition) is 5. The normalized spacial score (nSPS) is 10.9. The Morgan fingerprint density at radius 3 is 2.50 bits per heavy atom. The summed E-state index contributed by atoms with van der Waals surface area (Å²) in [5, 5.41) is 13.0. The lowest BCUT2D eigenvalue weighted by Gasteiger charge is -2.08. The van der Waals surface area contributed by atoms with Crippen LogP contribution in [0.15, 0.2) is 53.9 Å². The molecule has 1 amide bonds. The predicted molar refractivity (Wildman–Crippen MR) is 78.9 cm³/mol. The Kier molecular flexibility index (Phi) is 4.81. The van der Waals surface area contributed by atoms with Gasteiger partial charge in [-0.1, -0.05) is 12.1 Å². The molecule has 0 fully saturated rings. The second-order valence-corrected chi connectivity index (χ2v) is 4.14. The van der Waals surface area contributed by atoms with Crippen LogP contribution in [0.25, 0.3) is 0 Å². The average molecular weight is 299 g/mol. The summed E-state index contributed by atoms with van der Waals surface area (Å²) in [7, 11) is 1.42. The lowest BCUT2D eigenvalue weighted by molar-refractivity contribution is -0.129. The number of aromatic nitrogens is 1. The second kappa shape index (κ2) is 6.98. The third-order valence-corrected chi connectivity index (χ3v) is 2.78. The maximum absolute atomic E-state index is 11.9. The molecule has 1 heterocycles. The van der Waals surface area contributed by atoms with Crippen molar-refractivity contribution in [2.45, 2.75) is 0 Å². The molecule has 0 atom stereocenters. The summed E-state index contributed by atoms with van der Waals surface area (Å²) in [6.07, 6.45) is 2.91. The molecule has 112 valence electrons. The molecule has 0 saturated carbocycles. The fourth-order valence-corrected chi connectivity index (χ4v) is 1.74. The molecular formula is C15H13N3O4. The van der Waals surface area contributed by atoms with Crippen LogP contribution in [-0.2, 0) is 4.79 Å². The van der Waals surface area contributed by atoms with E-state index in [4.69, 9.17) is 4.74 Å². The molecule has 0 aliphatic heterocycles. The highest BCUT2D eigenvalue weighted by Gasteiger charge is 2.17. The van der Waals surface area contributed by atoms with Crippen LogP contribution >= 0.6 is 0 Å². The fraction of sp³-hybridized carbons (Fsp3) is 0.0667. The summed E-state index contributed by atoms with van der Waals surface area (Å²) in [6, 6.07) is 9.50. The molecule has 0 spiro atoms. The Labute approximate surface area is 126 Å². The van der Waals surface area contributed by atoms with Crippen molar-refractivity contribution in [2.75, 3.05) is 7.11 Å². The van der Waals surface area contributed by atoms with E-state index < -0.39 is 11.9 Å². The molecule has 0 radical (unpaired) electrons. The van der Waals surface area contributed by atoms with Crippen molar-refractivity contribution >= 4 is 17.6 Å². The Morgan fingerprint density at radius 1 is 1.18 bits per heavy atom. The molecule has 2 aromatic rings. The number of benzene rings is 1. The van der Waals surface area contributed by atoms with Crippen LogP contribution < -0.4 is 10.2 Å². The van der Waals surface area contributed by atoms with Crippen molar-refractivity contribution in [1.29, 1.82) is 0 Å². The van der Waals surface area contributed by atoms with E-state index >= 15 is 0 Å². The van der Waals surface area contributed by atoms with E-state index in [-0.39, 0.29) is 11.3 Å². The van der Waals surface area contributed by atoms with Crippen LogP contribution in [0.4, 0.5) is 0 Å². The largest absolute Gasteiger partial charge is 0.496 e. The number of carbonyl (C=O) groups is 2. The smallest absolute Gasteiger partial charge is 0.357 e. The first-order valence-corrected chi connectivity index (χ1v) is 6.28.